The van der Waals surface area contributed by atoms with Crippen molar-refractivity contribution < 1.29 is 9.84 Å². The van der Waals surface area contributed by atoms with Crippen molar-refractivity contribution >= 4 is 23.5 Å². The highest BCUT2D eigenvalue weighted by atomic mass is 35.5. The fraction of sp³-hybridized carbons (Fsp3) is 0.750. The molecule has 1 aliphatic rings. The van der Waals surface area contributed by atoms with Crippen LogP contribution < -0.4 is 10.2 Å². The van der Waals surface area contributed by atoms with Crippen LogP contribution in [-0.4, -0.2) is 59.5 Å². The lowest BCUT2D eigenvalue weighted by atomic mass is 10.2. The molecule has 1 saturated heterocycles. The van der Waals surface area contributed by atoms with Crippen LogP contribution >= 0.6 is 11.6 Å². The molecule has 20 heavy (non-hydrogen) atoms. The number of aliphatic hydroxyl groups is 1. The van der Waals surface area contributed by atoms with Gasteiger partial charge in [-0.2, -0.15) is 15.0 Å². The van der Waals surface area contributed by atoms with Crippen LogP contribution in [-0.2, 0) is 4.74 Å². The number of nitrogens with zero attached hydrogens (tertiary/aromatic N) is 4. The van der Waals surface area contributed by atoms with Crippen LogP contribution in [0.1, 0.15) is 19.3 Å². The standard InChI is InChI=1S/C12H20ClN5O2/c1-20-8-9(4-7-19)14-11-15-10(13)16-12(17-11)18-5-2-3-6-18/h9,19H,2-8H2,1H3,(H,14,15,16,17). The summed E-state index contributed by atoms with van der Waals surface area (Å²) in [7, 11) is 1.61. The van der Waals surface area contributed by atoms with E-state index in [0.29, 0.717) is 24.9 Å². The van der Waals surface area contributed by atoms with Gasteiger partial charge in [-0.3, -0.25) is 0 Å². The molecule has 2 rings (SSSR count). The Morgan fingerprint density at radius 3 is 2.75 bits per heavy atom. The minimum absolute atomic E-state index is 0.0603. The van der Waals surface area contributed by atoms with Gasteiger partial charge in [-0.1, -0.05) is 0 Å². The van der Waals surface area contributed by atoms with Crippen molar-refractivity contribution in [3.8, 4) is 0 Å². The molecule has 1 fully saturated rings. The van der Waals surface area contributed by atoms with E-state index in [1.54, 1.807) is 7.11 Å². The first kappa shape index (κ1) is 15.2. The predicted octanol–water partition coefficient (Wildman–Crippen LogP) is 0.934. The quantitative estimate of drug-likeness (QED) is 0.775. The van der Waals surface area contributed by atoms with Crippen molar-refractivity contribution in [3.05, 3.63) is 5.28 Å². The molecule has 1 atom stereocenters. The first-order valence-electron chi connectivity index (χ1n) is 6.76. The first-order valence-corrected chi connectivity index (χ1v) is 7.13. The maximum absolute atomic E-state index is 9.04. The number of hydrogen-bond donors (Lipinski definition) is 2. The highest BCUT2D eigenvalue weighted by Gasteiger charge is 2.18. The van der Waals surface area contributed by atoms with Crippen LogP contribution in [0.2, 0.25) is 5.28 Å². The molecule has 0 saturated carbocycles. The topological polar surface area (TPSA) is 83.4 Å². The van der Waals surface area contributed by atoms with Crippen LogP contribution in [0.5, 0.6) is 0 Å². The van der Waals surface area contributed by atoms with Gasteiger partial charge in [0, 0.05) is 26.8 Å². The monoisotopic (exact) mass is 301 g/mol. The summed E-state index contributed by atoms with van der Waals surface area (Å²) in [6, 6.07) is -0.0603. The van der Waals surface area contributed by atoms with Crippen LogP contribution in [0.25, 0.3) is 0 Å². The Morgan fingerprint density at radius 2 is 2.10 bits per heavy atom. The minimum Gasteiger partial charge on any atom is -0.396 e. The molecule has 0 aliphatic carbocycles. The second-order valence-corrected chi connectivity index (χ2v) is 5.07. The van der Waals surface area contributed by atoms with Crippen LogP contribution in [0.3, 0.4) is 0 Å². The molecule has 7 nitrogen and oxygen atoms in total. The average Bonchev–Trinajstić information content (AvgIpc) is 2.92. The molecular formula is C12H20ClN5O2. The van der Waals surface area contributed by atoms with Gasteiger partial charge in [0.05, 0.1) is 12.6 Å². The number of ether oxygens (including phenoxy) is 1. The number of aliphatic hydroxyl groups excluding tert-OH is 1. The molecule has 0 amide bonds. The number of halogens is 1. The van der Waals surface area contributed by atoms with Gasteiger partial charge in [-0.15, -0.1) is 0 Å². The van der Waals surface area contributed by atoms with Gasteiger partial charge < -0.3 is 20.1 Å². The number of hydrogen-bond acceptors (Lipinski definition) is 7. The molecular weight excluding hydrogens is 282 g/mol. The zero-order valence-corrected chi connectivity index (χ0v) is 12.3. The molecule has 0 aromatic carbocycles. The van der Waals surface area contributed by atoms with E-state index in [-0.39, 0.29) is 17.9 Å². The smallest absolute Gasteiger partial charge is 0.231 e. The van der Waals surface area contributed by atoms with E-state index in [1.165, 1.54) is 0 Å². The van der Waals surface area contributed by atoms with E-state index in [4.69, 9.17) is 21.4 Å². The Hall–Kier alpha value is -1.18. The third-order valence-corrected chi connectivity index (χ3v) is 3.33. The third kappa shape index (κ3) is 4.16. The van der Waals surface area contributed by atoms with E-state index >= 15 is 0 Å². The second kappa shape index (κ2) is 7.56. The first-order chi connectivity index (χ1) is 9.72. The molecule has 1 aromatic heterocycles. The molecule has 0 bridgehead atoms. The Bertz CT molecular complexity index is 422. The van der Waals surface area contributed by atoms with Crippen molar-refractivity contribution in [1.82, 2.24) is 15.0 Å². The normalized spacial score (nSPS) is 16.4. The minimum atomic E-state index is -0.0603. The summed E-state index contributed by atoms with van der Waals surface area (Å²) in [6.07, 6.45) is 2.84. The zero-order valence-electron chi connectivity index (χ0n) is 11.5. The highest BCUT2D eigenvalue weighted by molar-refractivity contribution is 6.28. The fourth-order valence-electron chi connectivity index (χ4n) is 2.20. The van der Waals surface area contributed by atoms with E-state index in [0.717, 1.165) is 25.9 Å². The highest BCUT2D eigenvalue weighted by Crippen LogP contribution is 2.19. The molecule has 1 aromatic rings. The fourth-order valence-corrected chi connectivity index (χ4v) is 2.36. The van der Waals surface area contributed by atoms with Crippen LogP contribution in [0, 0.1) is 0 Å². The lowest BCUT2D eigenvalue weighted by molar-refractivity contribution is 0.170. The Morgan fingerprint density at radius 1 is 1.35 bits per heavy atom. The Kier molecular flexibility index (Phi) is 5.75. The molecule has 8 heteroatoms. The Labute approximate surface area is 123 Å². The van der Waals surface area contributed by atoms with Crippen molar-refractivity contribution in [1.29, 1.82) is 0 Å². The molecule has 112 valence electrons. The maximum atomic E-state index is 9.04. The average molecular weight is 302 g/mol. The predicted molar refractivity (Wildman–Crippen MR) is 77.3 cm³/mol. The van der Waals surface area contributed by atoms with Gasteiger partial charge in [0.25, 0.3) is 0 Å². The molecule has 0 radical (unpaired) electrons. The molecule has 1 unspecified atom stereocenters. The SMILES string of the molecule is COCC(CCO)Nc1nc(Cl)nc(N2CCCC2)n1. The van der Waals surface area contributed by atoms with Crippen molar-refractivity contribution in [2.24, 2.45) is 0 Å². The third-order valence-electron chi connectivity index (χ3n) is 3.16. The van der Waals surface area contributed by atoms with Crippen molar-refractivity contribution in [2.75, 3.05) is 43.6 Å². The summed E-state index contributed by atoms with van der Waals surface area (Å²) in [5, 5.41) is 12.3. The van der Waals surface area contributed by atoms with Crippen molar-refractivity contribution in [3.63, 3.8) is 0 Å². The lowest BCUT2D eigenvalue weighted by Gasteiger charge is -2.19. The Balaban J connectivity index is 2.09. The van der Waals surface area contributed by atoms with E-state index in [9.17, 15) is 0 Å². The van der Waals surface area contributed by atoms with Gasteiger partial charge in [-0.25, -0.2) is 0 Å². The summed E-state index contributed by atoms with van der Waals surface area (Å²) < 4.78 is 5.10. The lowest BCUT2D eigenvalue weighted by Crippen LogP contribution is -2.28. The maximum Gasteiger partial charge on any atom is 0.231 e. The van der Waals surface area contributed by atoms with Gasteiger partial charge in [0.1, 0.15) is 0 Å². The van der Waals surface area contributed by atoms with E-state index in [2.05, 4.69) is 25.2 Å². The van der Waals surface area contributed by atoms with E-state index < -0.39 is 0 Å². The van der Waals surface area contributed by atoms with Crippen molar-refractivity contribution in [2.45, 2.75) is 25.3 Å². The summed E-state index contributed by atoms with van der Waals surface area (Å²) in [4.78, 5) is 14.7. The van der Waals surface area contributed by atoms with Gasteiger partial charge in [0.2, 0.25) is 17.2 Å². The number of methoxy groups -OCH3 is 1. The number of anilines is 2. The second-order valence-electron chi connectivity index (χ2n) is 4.73. The molecule has 1 aliphatic heterocycles. The molecule has 2 N–H and O–H groups in total. The summed E-state index contributed by atoms with van der Waals surface area (Å²) in [5.74, 6) is 1.02. The summed E-state index contributed by atoms with van der Waals surface area (Å²) in [5.41, 5.74) is 0. The van der Waals surface area contributed by atoms with E-state index in [1.807, 2.05) is 0 Å². The summed E-state index contributed by atoms with van der Waals surface area (Å²) >= 11 is 5.96. The molecule has 0 spiro atoms. The number of nitrogens with one attached hydrogen (secondary N) is 1. The van der Waals surface area contributed by atoms with Crippen LogP contribution in [0.15, 0.2) is 0 Å². The molecule has 2 heterocycles. The van der Waals surface area contributed by atoms with Gasteiger partial charge >= 0.3 is 0 Å². The van der Waals surface area contributed by atoms with Crippen LogP contribution in [0.4, 0.5) is 11.9 Å². The number of rotatable bonds is 7. The summed E-state index contributed by atoms with van der Waals surface area (Å²) in [6.45, 7) is 2.41. The number of aromatic nitrogens is 3. The largest absolute Gasteiger partial charge is 0.396 e. The zero-order chi connectivity index (χ0) is 14.4. The van der Waals surface area contributed by atoms with Gasteiger partial charge in [0.15, 0.2) is 0 Å². The van der Waals surface area contributed by atoms with Gasteiger partial charge in [-0.05, 0) is 30.9 Å².